The molecule has 0 spiro atoms. The van der Waals surface area contributed by atoms with Crippen LogP contribution < -0.4 is 16.6 Å². The molecule has 1 aromatic carbocycles. The molecule has 0 heterocycles. The first-order valence-corrected chi connectivity index (χ1v) is 5.03. The SMILES string of the molecule is COCCNC(=O)c1ccc(NN)cc1C. The molecule has 5 heteroatoms. The molecule has 0 aliphatic rings. The fourth-order valence-electron chi connectivity index (χ4n) is 1.37. The van der Waals surface area contributed by atoms with Gasteiger partial charge in [-0.25, -0.2) is 0 Å². The lowest BCUT2D eigenvalue weighted by atomic mass is 10.1. The Balaban J connectivity index is 2.68. The number of nitrogens with one attached hydrogen (secondary N) is 2. The Morgan fingerprint density at radius 3 is 2.81 bits per heavy atom. The van der Waals surface area contributed by atoms with Gasteiger partial charge < -0.3 is 15.5 Å². The number of hydrogen-bond donors (Lipinski definition) is 3. The largest absolute Gasteiger partial charge is 0.383 e. The minimum absolute atomic E-state index is 0.0990. The third-order valence-electron chi connectivity index (χ3n) is 2.23. The lowest BCUT2D eigenvalue weighted by Crippen LogP contribution is -2.27. The zero-order valence-electron chi connectivity index (χ0n) is 9.54. The van der Waals surface area contributed by atoms with E-state index in [1.54, 1.807) is 19.2 Å². The summed E-state index contributed by atoms with van der Waals surface area (Å²) in [6, 6.07) is 5.33. The van der Waals surface area contributed by atoms with Gasteiger partial charge in [0.1, 0.15) is 0 Å². The number of hydrazine groups is 1. The van der Waals surface area contributed by atoms with Crippen LogP contribution in [-0.4, -0.2) is 26.2 Å². The van der Waals surface area contributed by atoms with Gasteiger partial charge in [0.15, 0.2) is 0 Å². The molecular formula is C11H17N3O2. The van der Waals surface area contributed by atoms with E-state index >= 15 is 0 Å². The Morgan fingerprint density at radius 1 is 1.50 bits per heavy atom. The van der Waals surface area contributed by atoms with Crippen molar-refractivity contribution < 1.29 is 9.53 Å². The van der Waals surface area contributed by atoms with Gasteiger partial charge in [0.25, 0.3) is 5.91 Å². The summed E-state index contributed by atoms with van der Waals surface area (Å²) in [6.45, 7) is 2.88. The number of aryl methyl sites for hydroxylation is 1. The molecular weight excluding hydrogens is 206 g/mol. The average Bonchev–Trinajstić information content (AvgIpc) is 2.29. The van der Waals surface area contributed by atoms with Gasteiger partial charge in [-0.15, -0.1) is 0 Å². The first-order valence-electron chi connectivity index (χ1n) is 5.03. The van der Waals surface area contributed by atoms with Crippen LogP contribution in [0.25, 0.3) is 0 Å². The van der Waals surface area contributed by atoms with Crippen molar-refractivity contribution in [2.75, 3.05) is 25.7 Å². The maximum atomic E-state index is 11.7. The number of ether oxygens (including phenoxy) is 1. The summed E-state index contributed by atoms with van der Waals surface area (Å²) in [5.74, 6) is 5.18. The number of carbonyl (C=O) groups excluding carboxylic acids is 1. The highest BCUT2D eigenvalue weighted by molar-refractivity contribution is 5.96. The van der Waals surface area contributed by atoms with Crippen molar-refractivity contribution in [2.45, 2.75) is 6.92 Å². The van der Waals surface area contributed by atoms with E-state index in [9.17, 15) is 4.79 Å². The molecule has 0 unspecified atom stereocenters. The van der Waals surface area contributed by atoms with Crippen LogP contribution in [-0.2, 0) is 4.74 Å². The fourth-order valence-corrected chi connectivity index (χ4v) is 1.37. The molecule has 0 aromatic heterocycles. The van der Waals surface area contributed by atoms with Crippen LogP contribution >= 0.6 is 0 Å². The molecule has 5 nitrogen and oxygen atoms in total. The van der Waals surface area contributed by atoms with E-state index in [0.29, 0.717) is 18.7 Å². The van der Waals surface area contributed by atoms with Gasteiger partial charge in [0.2, 0.25) is 0 Å². The third kappa shape index (κ3) is 3.22. The topological polar surface area (TPSA) is 76.4 Å². The molecule has 0 bridgehead atoms. The summed E-state index contributed by atoms with van der Waals surface area (Å²) >= 11 is 0. The number of nitrogens with two attached hydrogens (primary N) is 1. The summed E-state index contributed by atoms with van der Waals surface area (Å²) in [6.07, 6.45) is 0. The maximum Gasteiger partial charge on any atom is 0.251 e. The van der Waals surface area contributed by atoms with E-state index < -0.39 is 0 Å². The van der Waals surface area contributed by atoms with E-state index in [-0.39, 0.29) is 5.91 Å². The molecule has 0 saturated carbocycles. The smallest absolute Gasteiger partial charge is 0.251 e. The van der Waals surface area contributed by atoms with Gasteiger partial charge in [0, 0.05) is 24.9 Å². The van der Waals surface area contributed by atoms with Crippen LogP contribution in [0, 0.1) is 6.92 Å². The summed E-state index contributed by atoms with van der Waals surface area (Å²) in [5.41, 5.74) is 4.85. The molecule has 1 rings (SSSR count). The second-order valence-corrected chi connectivity index (χ2v) is 3.42. The quantitative estimate of drug-likeness (QED) is 0.389. The average molecular weight is 223 g/mol. The molecule has 0 aliphatic carbocycles. The first-order chi connectivity index (χ1) is 7.69. The third-order valence-corrected chi connectivity index (χ3v) is 2.23. The Kier molecular flexibility index (Phi) is 4.75. The standard InChI is InChI=1S/C11H17N3O2/c1-8-7-9(14-12)3-4-10(8)11(15)13-5-6-16-2/h3-4,7,14H,5-6,12H2,1-2H3,(H,13,15). The molecule has 0 fully saturated rings. The van der Waals surface area contributed by atoms with Crippen molar-refractivity contribution >= 4 is 11.6 Å². The van der Waals surface area contributed by atoms with Crippen molar-refractivity contribution in [2.24, 2.45) is 5.84 Å². The van der Waals surface area contributed by atoms with Crippen LogP contribution in [0.5, 0.6) is 0 Å². The molecule has 0 radical (unpaired) electrons. The highest BCUT2D eigenvalue weighted by atomic mass is 16.5. The molecule has 0 saturated heterocycles. The monoisotopic (exact) mass is 223 g/mol. The molecule has 4 N–H and O–H groups in total. The zero-order valence-corrected chi connectivity index (χ0v) is 9.54. The molecule has 1 amide bonds. The number of carbonyl (C=O) groups is 1. The number of nitrogen functional groups attached to an aromatic ring is 1. The van der Waals surface area contributed by atoms with Gasteiger partial charge in [0.05, 0.1) is 6.61 Å². The van der Waals surface area contributed by atoms with Gasteiger partial charge in [-0.3, -0.25) is 10.6 Å². The molecule has 0 atom stereocenters. The Hall–Kier alpha value is -1.59. The van der Waals surface area contributed by atoms with Crippen LogP contribution in [0.3, 0.4) is 0 Å². The van der Waals surface area contributed by atoms with Gasteiger partial charge >= 0.3 is 0 Å². The number of anilines is 1. The second kappa shape index (κ2) is 6.09. The summed E-state index contributed by atoms with van der Waals surface area (Å²) in [7, 11) is 1.60. The second-order valence-electron chi connectivity index (χ2n) is 3.42. The van der Waals surface area contributed by atoms with E-state index in [1.165, 1.54) is 0 Å². The molecule has 1 aromatic rings. The van der Waals surface area contributed by atoms with Crippen molar-refractivity contribution in [3.05, 3.63) is 29.3 Å². The van der Waals surface area contributed by atoms with E-state index in [4.69, 9.17) is 10.6 Å². The first kappa shape index (κ1) is 12.5. The summed E-state index contributed by atoms with van der Waals surface area (Å²) in [4.78, 5) is 11.7. The molecule has 0 aliphatic heterocycles. The lowest BCUT2D eigenvalue weighted by molar-refractivity contribution is 0.0936. The van der Waals surface area contributed by atoms with Crippen LogP contribution in [0.1, 0.15) is 15.9 Å². The highest BCUT2D eigenvalue weighted by Gasteiger charge is 2.08. The number of hydrogen-bond acceptors (Lipinski definition) is 4. The van der Waals surface area contributed by atoms with Crippen molar-refractivity contribution in [3.63, 3.8) is 0 Å². The zero-order chi connectivity index (χ0) is 12.0. The van der Waals surface area contributed by atoms with Crippen LogP contribution in [0.4, 0.5) is 5.69 Å². The minimum Gasteiger partial charge on any atom is -0.383 e. The van der Waals surface area contributed by atoms with Crippen LogP contribution in [0.15, 0.2) is 18.2 Å². The van der Waals surface area contributed by atoms with Crippen molar-refractivity contribution in [3.8, 4) is 0 Å². The highest BCUT2D eigenvalue weighted by Crippen LogP contribution is 2.13. The van der Waals surface area contributed by atoms with E-state index in [0.717, 1.165) is 11.3 Å². The fraction of sp³-hybridized carbons (Fsp3) is 0.364. The number of benzene rings is 1. The maximum absolute atomic E-state index is 11.7. The predicted octanol–water partition coefficient (Wildman–Crippen LogP) is 0.657. The predicted molar refractivity (Wildman–Crippen MR) is 63.2 cm³/mol. The normalized spacial score (nSPS) is 9.94. The molecule has 16 heavy (non-hydrogen) atoms. The lowest BCUT2D eigenvalue weighted by Gasteiger charge is -2.08. The number of methoxy groups -OCH3 is 1. The van der Waals surface area contributed by atoms with Gasteiger partial charge in [-0.2, -0.15) is 0 Å². The van der Waals surface area contributed by atoms with Gasteiger partial charge in [-0.05, 0) is 30.7 Å². The van der Waals surface area contributed by atoms with E-state index in [1.807, 2.05) is 13.0 Å². The number of rotatable bonds is 5. The van der Waals surface area contributed by atoms with Crippen molar-refractivity contribution in [1.29, 1.82) is 0 Å². The Labute approximate surface area is 94.9 Å². The summed E-state index contributed by atoms with van der Waals surface area (Å²) in [5, 5.41) is 2.76. The number of amides is 1. The molecule has 88 valence electrons. The van der Waals surface area contributed by atoms with Crippen molar-refractivity contribution in [1.82, 2.24) is 5.32 Å². The van der Waals surface area contributed by atoms with E-state index in [2.05, 4.69) is 10.7 Å². The van der Waals surface area contributed by atoms with Crippen LogP contribution in [0.2, 0.25) is 0 Å². The Morgan fingerprint density at radius 2 is 2.25 bits per heavy atom. The Bertz CT molecular complexity index is 366. The summed E-state index contributed by atoms with van der Waals surface area (Å²) < 4.78 is 4.85. The minimum atomic E-state index is -0.0990. The van der Waals surface area contributed by atoms with Gasteiger partial charge in [-0.1, -0.05) is 0 Å².